The number of ether oxygens (including phenoxy) is 1. The van der Waals surface area contributed by atoms with Gasteiger partial charge in [0.1, 0.15) is 5.56 Å². The van der Waals surface area contributed by atoms with Crippen LogP contribution in [0.1, 0.15) is 28.7 Å². The molecule has 0 bridgehead atoms. The van der Waals surface area contributed by atoms with Crippen LogP contribution >= 0.6 is 0 Å². The third-order valence-corrected chi connectivity index (χ3v) is 5.53. The number of rotatable bonds is 6. The summed E-state index contributed by atoms with van der Waals surface area (Å²) in [7, 11) is -3.83. The molecule has 0 radical (unpaired) electrons. The van der Waals surface area contributed by atoms with Gasteiger partial charge in [0.2, 0.25) is 10.0 Å². The molecule has 31 heavy (non-hydrogen) atoms. The van der Waals surface area contributed by atoms with Gasteiger partial charge in [0.05, 0.1) is 22.0 Å². The molecule has 162 valence electrons. The molecule has 0 aliphatic rings. The Morgan fingerprint density at radius 2 is 1.68 bits per heavy atom. The number of amides is 1. The fourth-order valence-corrected chi connectivity index (χ4v) is 3.52. The highest BCUT2D eigenvalue weighted by Crippen LogP contribution is 2.20. The number of hydrogen-bond donors (Lipinski definition) is 2. The zero-order valence-electron chi connectivity index (χ0n) is 17.2. The van der Waals surface area contributed by atoms with Gasteiger partial charge in [0.15, 0.2) is 6.10 Å². The molecule has 1 amide bonds. The third kappa shape index (κ3) is 4.98. The molecular formula is C21H22N4O5S. The summed E-state index contributed by atoms with van der Waals surface area (Å²) in [5.74, 6) is -1.23. The summed E-state index contributed by atoms with van der Waals surface area (Å²) in [4.78, 5) is 25.0. The number of primary sulfonamides is 1. The Labute approximate surface area is 179 Å². The largest absolute Gasteiger partial charge is 0.449 e. The monoisotopic (exact) mass is 442 g/mol. The number of carbonyl (C=O) groups excluding carboxylic acids is 2. The maximum absolute atomic E-state index is 12.7. The fourth-order valence-electron chi connectivity index (χ4n) is 3.00. The van der Waals surface area contributed by atoms with E-state index in [0.29, 0.717) is 22.6 Å². The quantitative estimate of drug-likeness (QED) is 0.563. The fraction of sp³-hybridized carbons (Fsp3) is 0.190. The normalized spacial score (nSPS) is 12.3. The van der Waals surface area contributed by atoms with Gasteiger partial charge in [-0.3, -0.25) is 4.79 Å². The average molecular weight is 442 g/mol. The van der Waals surface area contributed by atoms with E-state index in [1.807, 2.05) is 30.3 Å². The van der Waals surface area contributed by atoms with Gasteiger partial charge in [0.25, 0.3) is 5.91 Å². The molecule has 1 heterocycles. The van der Waals surface area contributed by atoms with E-state index >= 15 is 0 Å². The summed E-state index contributed by atoms with van der Waals surface area (Å²) < 4.78 is 29.6. The second-order valence-corrected chi connectivity index (χ2v) is 8.46. The summed E-state index contributed by atoms with van der Waals surface area (Å²) >= 11 is 0. The number of nitrogens with two attached hydrogens (primary N) is 1. The lowest BCUT2D eigenvalue weighted by atomic mass is 10.2. The van der Waals surface area contributed by atoms with Gasteiger partial charge in [-0.2, -0.15) is 5.10 Å². The van der Waals surface area contributed by atoms with E-state index < -0.39 is 28.0 Å². The molecular weight excluding hydrogens is 420 g/mol. The number of carbonyl (C=O) groups is 2. The van der Waals surface area contributed by atoms with Crippen molar-refractivity contribution in [2.75, 3.05) is 5.32 Å². The predicted molar refractivity (Wildman–Crippen MR) is 114 cm³/mol. The van der Waals surface area contributed by atoms with Crippen LogP contribution in [0.5, 0.6) is 0 Å². The maximum atomic E-state index is 12.7. The van der Waals surface area contributed by atoms with Crippen molar-refractivity contribution in [2.24, 2.45) is 5.14 Å². The molecule has 0 aliphatic carbocycles. The van der Waals surface area contributed by atoms with Crippen LogP contribution < -0.4 is 10.5 Å². The zero-order chi connectivity index (χ0) is 22.8. The standard InChI is InChI=1S/C21H22N4O5S/c1-13-19(14(2)25(24-13)17-7-5-4-6-8-17)21(27)30-15(3)20(26)23-16-9-11-18(12-10-16)31(22,28)29/h4-12,15H,1-3H3,(H,23,26)(H2,22,28,29)/t15-/m0/s1. The number of nitrogens with zero attached hydrogens (tertiary/aromatic N) is 2. The number of aromatic nitrogens is 2. The molecule has 0 fully saturated rings. The predicted octanol–water partition coefficient (Wildman–Crippen LogP) is 2.32. The third-order valence-electron chi connectivity index (χ3n) is 4.60. The SMILES string of the molecule is Cc1nn(-c2ccccc2)c(C)c1C(=O)O[C@@H](C)C(=O)Nc1ccc(S(N)(=O)=O)cc1. The Balaban J connectivity index is 1.70. The van der Waals surface area contributed by atoms with E-state index in [-0.39, 0.29) is 4.90 Å². The zero-order valence-corrected chi connectivity index (χ0v) is 18.0. The van der Waals surface area contributed by atoms with E-state index in [2.05, 4.69) is 10.4 Å². The first-order valence-electron chi connectivity index (χ1n) is 9.34. The Hall–Kier alpha value is -3.50. The molecule has 0 spiro atoms. The van der Waals surface area contributed by atoms with Crippen molar-refractivity contribution in [3.05, 3.63) is 71.5 Å². The minimum absolute atomic E-state index is 0.0775. The molecule has 10 heteroatoms. The van der Waals surface area contributed by atoms with E-state index in [1.165, 1.54) is 31.2 Å². The number of anilines is 1. The van der Waals surface area contributed by atoms with Crippen LogP contribution in [0.15, 0.2) is 59.5 Å². The van der Waals surface area contributed by atoms with E-state index in [4.69, 9.17) is 9.88 Å². The summed E-state index contributed by atoms with van der Waals surface area (Å²) in [6, 6.07) is 14.7. The first kappa shape index (κ1) is 22.2. The number of hydrogen-bond acceptors (Lipinski definition) is 6. The molecule has 9 nitrogen and oxygen atoms in total. The Morgan fingerprint density at radius 1 is 1.06 bits per heavy atom. The van der Waals surface area contributed by atoms with Crippen molar-refractivity contribution in [2.45, 2.75) is 31.8 Å². The van der Waals surface area contributed by atoms with E-state index in [1.54, 1.807) is 18.5 Å². The van der Waals surface area contributed by atoms with Gasteiger partial charge in [0, 0.05) is 5.69 Å². The molecule has 0 unspecified atom stereocenters. The average Bonchev–Trinajstić information content (AvgIpc) is 3.02. The lowest BCUT2D eigenvalue weighted by Crippen LogP contribution is -2.30. The maximum Gasteiger partial charge on any atom is 0.342 e. The molecule has 3 rings (SSSR count). The van der Waals surface area contributed by atoms with Gasteiger partial charge < -0.3 is 10.1 Å². The van der Waals surface area contributed by atoms with Gasteiger partial charge >= 0.3 is 5.97 Å². The van der Waals surface area contributed by atoms with Crippen molar-refractivity contribution in [1.29, 1.82) is 0 Å². The first-order chi connectivity index (χ1) is 14.6. The van der Waals surface area contributed by atoms with Crippen molar-refractivity contribution in [3.8, 4) is 5.69 Å². The summed E-state index contributed by atoms with van der Waals surface area (Å²) in [5.41, 5.74) is 2.51. The topological polar surface area (TPSA) is 133 Å². The van der Waals surface area contributed by atoms with Gasteiger partial charge in [-0.1, -0.05) is 18.2 Å². The highest BCUT2D eigenvalue weighted by atomic mass is 32.2. The second kappa shape index (κ2) is 8.70. The smallest absolute Gasteiger partial charge is 0.342 e. The van der Waals surface area contributed by atoms with Crippen molar-refractivity contribution in [1.82, 2.24) is 9.78 Å². The molecule has 0 saturated heterocycles. The summed E-state index contributed by atoms with van der Waals surface area (Å²) in [5, 5.41) is 12.0. The van der Waals surface area contributed by atoms with Crippen molar-refractivity contribution < 1.29 is 22.7 Å². The number of sulfonamides is 1. The number of aryl methyl sites for hydroxylation is 1. The van der Waals surface area contributed by atoms with Gasteiger partial charge in [-0.05, 0) is 57.2 Å². The van der Waals surface area contributed by atoms with Crippen molar-refractivity contribution >= 4 is 27.6 Å². The van der Waals surface area contributed by atoms with E-state index in [9.17, 15) is 18.0 Å². The van der Waals surface area contributed by atoms with Crippen LogP contribution in [0, 0.1) is 13.8 Å². The van der Waals surface area contributed by atoms with Gasteiger partial charge in [-0.15, -0.1) is 0 Å². The molecule has 3 aromatic rings. The van der Waals surface area contributed by atoms with Crippen LogP contribution in [-0.2, 0) is 19.6 Å². The van der Waals surface area contributed by atoms with Crippen LogP contribution in [-0.4, -0.2) is 36.2 Å². The summed E-state index contributed by atoms with van der Waals surface area (Å²) in [6.07, 6.45) is -1.09. The second-order valence-electron chi connectivity index (χ2n) is 6.90. The van der Waals surface area contributed by atoms with Crippen LogP contribution in [0.3, 0.4) is 0 Å². The molecule has 1 aromatic heterocycles. The van der Waals surface area contributed by atoms with Crippen LogP contribution in [0.25, 0.3) is 5.69 Å². The van der Waals surface area contributed by atoms with Crippen LogP contribution in [0.2, 0.25) is 0 Å². The highest BCUT2D eigenvalue weighted by Gasteiger charge is 2.25. The summed E-state index contributed by atoms with van der Waals surface area (Å²) in [6.45, 7) is 4.89. The first-order valence-corrected chi connectivity index (χ1v) is 10.9. The highest BCUT2D eigenvalue weighted by molar-refractivity contribution is 7.89. The molecule has 3 N–H and O–H groups in total. The number of esters is 1. The van der Waals surface area contributed by atoms with E-state index in [0.717, 1.165) is 5.69 Å². The molecule has 0 aliphatic heterocycles. The van der Waals surface area contributed by atoms with Crippen LogP contribution in [0.4, 0.5) is 5.69 Å². The lowest BCUT2D eigenvalue weighted by molar-refractivity contribution is -0.123. The molecule has 1 atom stereocenters. The Morgan fingerprint density at radius 3 is 2.26 bits per heavy atom. The minimum atomic E-state index is -3.83. The number of para-hydroxylation sites is 1. The lowest BCUT2D eigenvalue weighted by Gasteiger charge is -2.14. The minimum Gasteiger partial charge on any atom is -0.449 e. The Kier molecular flexibility index (Phi) is 6.23. The Bertz CT molecular complexity index is 1220. The number of nitrogens with one attached hydrogen (secondary N) is 1. The van der Waals surface area contributed by atoms with Gasteiger partial charge in [-0.25, -0.2) is 23.0 Å². The molecule has 0 saturated carbocycles. The molecule has 2 aromatic carbocycles. The number of benzene rings is 2. The van der Waals surface area contributed by atoms with Crippen molar-refractivity contribution in [3.63, 3.8) is 0 Å².